The molecule has 0 saturated heterocycles. The third-order valence-electron chi connectivity index (χ3n) is 5.10. The fourth-order valence-electron chi connectivity index (χ4n) is 3.67. The van der Waals surface area contributed by atoms with Crippen LogP contribution in [0.3, 0.4) is 0 Å². The van der Waals surface area contributed by atoms with E-state index in [0.29, 0.717) is 37.6 Å². The fraction of sp³-hybridized carbons (Fsp3) is 0.250. The molecule has 1 aliphatic heterocycles. The molecule has 10 heteroatoms. The molecule has 0 spiro atoms. The number of ether oxygens (including phenoxy) is 3. The second-order valence-corrected chi connectivity index (χ2v) is 7.65. The van der Waals surface area contributed by atoms with Crippen molar-refractivity contribution in [1.29, 1.82) is 0 Å². The molecule has 0 fully saturated rings. The maximum Gasteiger partial charge on any atom is 0.573 e. The van der Waals surface area contributed by atoms with Crippen molar-refractivity contribution in [3.05, 3.63) is 77.9 Å². The van der Waals surface area contributed by atoms with Gasteiger partial charge in [0.25, 0.3) is 0 Å². The first kappa shape index (κ1) is 23.7. The van der Waals surface area contributed by atoms with Crippen LogP contribution in [0.5, 0.6) is 17.2 Å². The van der Waals surface area contributed by atoms with E-state index in [-0.39, 0.29) is 11.5 Å². The molecule has 4 nitrogen and oxygen atoms in total. The van der Waals surface area contributed by atoms with Crippen LogP contribution >= 0.6 is 0 Å². The normalized spacial score (nSPS) is 14.6. The van der Waals surface area contributed by atoms with Crippen molar-refractivity contribution < 1.29 is 40.6 Å². The third-order valence-corrected chi connectivity index (χ3v) is 5.10. The molecule has 34 heavy (non-hydrogen) atoms. The maximum atomic E-state index is 12.4. The van der Waals surface area contributed by atoms with Crippen molar-refractivity contribution in [3.8, 4) is 28.4 Å². The first-order valence-corrected chi connectivity index (χ1v) is 10.2. The number of benzene rings is 3. The van der Waals surface area contributed by atoms with Gasteiger partial charge in [-0.1, -0.05) is 30.3 Å². The largest absolute Gasteiger partial charge is 0.573 e. The summed E-state index contributed by atoms with van der Waals surface area (Å²) in [6.45, 7) is 2.06. The zero-order valence-electron chi connectivity index (χ0n) is 17.6. The summed E-state index contributed by atoms with van der Waals surface area (Å²) in [5.74, 6) is 0.126. The Labute approximate surface area is 191 Å². The lowest BCUT2D eigenvalue weighted by Gasteiger charge is -2.20. The van der Waals surface area contributed by atoms with Crippen molar-refractivity contribution in [2.45, 2.75) is 25.8 Å². The fourth-order valence-corrected chi connectivity index (χ4v) is 3.67. The number of halogens is 6. The summed E-state index contributed by atoms with van der Waals surface area (Å²) in [6.07, 6.45) is -9.49. The molecular formula is C24H19F6NO3. The van der Waals surface area contributed by atoms with Crippen molar-refractivity contribution in [2.75, 3.05) is 13.2 Å². The van der Waals surface area contributed by atoms with E-state index in [1.807, 2.05) is 18.2 Å². The molecule has 180 valence electrons. The Balaban J connectivity index is 1.46. The van der Waals surface area contributed by atoms with E-state index in [9.17, 15) is 26.3 Å². The van der Waals surface area contributed by atoms with Gasteiger partial charge in [0, 0.05) is 25.2 Å². The Bertz CT molecular complexity index is 1110. The summed E-state index contributed by atoms with van der Waals surface area (Å²) in [5, 5.41) is 0. The predicted octanol–water partition coefficient (Wildman–Crippen LogP) is 6.55. The smallest absolute Gasteiger partial charge is 0.492 e. The lowest BCUT2D eigenvalue weighted by molar-refractivity contribution is -0.275. The minimum atomic E-state index is -4.75. The van der Waals surface area contributed by atoms with Gasteiger partial charge in [-0.3, -0.25) is 4.90 Å². The monoisotopic (exact) mass is 483 g/mol. The molecule has 1 aliphatic rings. The summed E-state index contributed by atoms with van der Waals surface area (Å²) in [5.41, 5.74) is 3.22. The number of rotatable bonds is 5. The number of alkyl halides is 6. The molecule has 0 atom stereocenters. The Morgan fingerprint density at radius 1 is 0.735 bits per heavy atom. The first-order chi connectivity index (χ1) is 16.0. The molecule has 0 radical (unpaired) electrons. The minimum Gasteiger partial charge on any atom is -0.492 e. The van der Waals surface area contributed by atoms with E-state index < -0.39 is 12.7 Å². The molecule has 0 N–H and O–H groups in total. The molecule has 0 unspecified atom stereocenters. The lowest BCUT2D eigenvalue weighted by atomic mass is 10.0. The van der Waals surface area contributed by atoms with Gasteiger partial charge in [-0.25, -0.2) is 0 Å². The number of nitrogens with zero attached hydrogens (tertiary/aromatic N) is 1. The van der Waals surface area contributed by atoms with Gasteiger partial charge in [0.15, 0.2) is 0 Å². The summed E-state index contributed by atoms with van der Waals surface area (Å²) in [7, 11) is 0. The van der Waals surface area contributed by atoms with Gasteiger partial charge in [-0.2, -0.15) is 0 Å². The van der Waals surface area contributed by atoms with Gasteiger partial charge in [0.1, 0.15) is 23.9 Å². The summed E-state index contributed by atoms with van der Waals surface area (Å²) in [6, 6.07) is 16.9. The van der Waals surface area contributed by atoms with Crippen molar-refractivity contribution in [2.24, 2.45) is 0 Å². The highest BCUT2D eigenvalue weighted by molar-refractivity contribution is 5.66. The molecule has 0 aliphatic carbocycles. The van der Waals surface area contributed by atoms with Crippen LogP contribution in [0, 0.1) is 0 Å². The third kappa shape index (κ3) is 6.57. The van der Waals surface area contributed by atoms with E-state index in [2.05, 4.69) is 14.4 Å². The predicted molar refractivity (Wildman–Crippen MR) is 111 cm³/mol. The highest BCUT2D eigenvalue weighted by Gasteiger charge is 2.31. The van der Waals surface area contributed by atoms with E-state index in [1.54, 1.807) is 24.3 Å². The average Bonchev–Trinajstić information content (AvgIpc) is 2.94. The van der Waals surface area contributed by atoms with Gasteiger partial charge in [-0.05, 0) is 53.1 Å². The number of hydrogen-bond acceptors (Lipinski definition) is 4. The summed E-state index contributed by atoms with van der Waals surface area (Å²) < 4.78 is 87.8. The Morgan fingerprint density at radius 2 is 1.29 bits per heavy atom. The van der Waals surface area contributed by atoms with Crippen LogP contribution in [-0.4, -0.2) is 30.8 Å². The van der Waals surface area contributed by atoms with Crippen LogP contribution in [0.4, 0.5) is 26.3 Å². The zero-order valence-corrected chi connectivity index (χ0v) is 17.6. The van der Waals surface area contributed by atoms with Gasteiger partial charge >= 0.3 is 12.7 Å². The van der Waals surface area contributed by atoms with Gasteiger partial charge in [-0.15, -0.1) is 26.3 Å². The molecule has 0 amide bonds. The van der Waals surface area contributed by atoms with E-state index >= 15 is 0 Å². The van der Waals surface area contributed by atoms with E-state index in [4.69, 9.17) is 4.74 Å². The van der Waals surface area contributed by atoms with E-state index in [1.165, 1.54) is 24.3 Å². The Kier molecular flexibility index (Phi) is 6.60. The second-order valence-electron chi connectivity index (χ2n) is 7.65. The minimum absolute atomic E-state index is 0.280. The second kappa shape index (κ2) is 9.46. The maximum absolute atomic E-state index is 12.4. The van der Waals surface area contributed by atoms with Crippen LogP contribution in [0.15, 0.2) is 66.7 Å². The van der Waals surface area contributed by atoms with Crippen molar-refractivity contribution >= 4 is 0 Å². The summed E-state index contributed by atoms with van der Waals surface area (Å²) >= 11 is 0. The quantitative estimate of drug-likeness (QED) is 0.386. The Hall–Kier alpha value is -3.40. The summed E-state index contributed by atoms with van der Waals surface area (Å²) in [4.78, 5) is 2.09. The molecule has 3 aromatic carbocycles. The molecule has 4 rings (SSSR count). The number of fused-ring (bicyclic) bond motifs is 1. The van der Waals surface area contributed by atoms with Gasteiger partial charge in [0.05, 0.1) is 0 Å². The average molecular weight is 483 g/mol. The topological polar surface area (TPSA) is 30.9 Å². The molecule has 0 saturated carbocycles. The molecule has 0 bridgehead atoms. The van der Waals surface area contributed by atoms with Gasteiger partial charge < -0.3 is 14.2 Å². The van der Waals surface area contributed by atoms with Crippen LogP contribution in [0.1, 0.15) is 11.1 Å². The molecule has 1 heterocycles. The van der Waals surface area contributed by atoms with Crippen LogP contribution < -0.4 is 14.2 Å². The van der Waals surface area contributed by atoms with Gasteiger partial charge in [0.2, 0.25) is 0 Å². The first-order valence-electron chi connectivity index (χ1n) is 10.2. The van der Waals surface area contributed by atoms with Crippen LogP contribution in [0.2, 0.25) is 0 Å². The van der Waals surface area contributed by atoms with Crippen molar-refractivity contribution in [1.82, 2.24) is 4.90 Å². The highest BCUT2D eigenvalue weighted by atomic mass is 19.4. The van der Waals surface area contributed by atoms with E-state index in [0.717, 1.165) is 16.7 Å². The zero-order chi connectivity index (χ0) is 24.3. The van der Waals surface area contributed by atoms with Crippen molar-refractivity contribution in [3.63, 3.8) is 0 Å². The molecule has 3 aromatic rings. The van der Waals surface area contributed by atoms with Crippen LogP contribution in [0.25, 0.3) is 11.1 Å². The highest BCUT2D eigenvalue weighted by Crippen LogP contribution is 2.32. The molecule has 0 aromatic heterocycles. The Morgan fingerprint density at radius 3 is 1.88 bits per heavy atom. The van der Waals surface area contributed by atoms with Crippen LogP contribution in [-0.2, 0) is 13.1 Å². The lowest BCUT2D eigenvalue weighted by Crippen LogP contribution is -2.25. The molecular weight excluding hydrogens is 464 g/mol. The SMILES string of the molecule is FC(F)(F)Oc1ccc(CN2CCOc3ccc(-c4ccc(OC(F)(F)F)cc4)cc3C2)cc1. The standard InChI is InChI=1S/C24H19F6NO3/c25-23(26,27)33-20-6-1-16(2-7-20)14-31-11-12-32-22-10-5-18(13-19(22)15-31)17-3-8-21(9-4-17)34-24(28,29)30/h1-10,13H,11-12,14-15H2. The number of hydrogen-bond donors (Lipinski definition) is 0.